The average Bonchev–Trinajstić information content (AvgIpc) is 2.38. The van der Waals surface area contributed by atoms with E-state index in [9.17, 15) is 0 Å². The summed E-state index contributed by atoms with van der Waals surface area (Å²) in [5.41, 5.74) is 5.83. The Hall–Kier alpha value is -0.0800. The predicted molar refractivity (Wildman–Crippen MR) is 69.3 cm³/mol. The van der Waals surface area contributed by atoms with E-state index in [0.717, 1.165) is 24.3 Å². The number of piperidine rings is 1. The van der Waals surface area contributed by atoms with E-state index in [2.05, 4.69) is 5.32 Å². The highest BCUT2D eigenvalue weighted by atomic mass is 14.9. The van der Waals surface area contributed by atoms with Crippen molar-refractivity contribution in [3.05, 3.63) is 0 Å². The summed E-state index contributed by atoms with van der Waals surface area (Å²) in [5, 5.41) is 3.48. The quantitative estimate of drug-likeness (QED) is 0.770. The fraction of sp³-hybridized carbons (Fsp3) is 1.00. The van der Waals surface area contributed by atoms with E-state index in [4.69, 9.17) is 5.73 Å². The Balaban J connectivity index is 1.91. The lowest BCUT2D eigenvalue weighted by molar-refractivity contribution is 0.142. The number of hydrogen-bond donors (Lipinski definition) is 2. The SMILES string of the molecule is NCCC(C1CCCCC1)C1CCNCC1. The molecule has 1 saturated heterocycles. The summed E-state index contributed by atoms with van der Waals surface area (Å²) < 4.78 is 0. The summed E-state index contributed by atoms with van der Waals surface area (Å²) in [6, 6.07) is 0. The van der Waals surface area contributed by atoms with Crippen LogP contribution in [-0.2, 0) is 0 Å². The van der Waals surface area contributed by atoms with Gasteiger partial charge in [-0.15, -0.1) is 0 Å². The van der Waals surface area contributed by atoms with Crippen LogP contribution in [0.3, 0.4) is 0 Å². The molecular formula is C14H28N2. The average molecular weight is 224 g/mol. The Morgan fingerprint density at radius 2 is 1.56 bits per heavy atom. The van der Waals surface area contributed by atoms with Crippen LogP contribution in [0.2, 0.25) is 0 Å². The largest absolute Gasteiger partial charge is 0.330 e. The minimum atomic E-state index is 0.894. The molecule has 2 rings (SSSR count). The molecule has 1 aliphatic heterocycles. The Morgan fingerprint density at radius 3 is 2.19 bits per heavy atom. The van der Waals surface area contributed by atoms with E-state index in [0.29, 0.717) is 0 Å². The second-order valence-electron chi connectivity index (χ2n) is 5.73. The normalized spacial score (nSPS) is 26.8. The van der Waals surface area contributed by atoms with Crippen molar-refractivity contribution >= 4 is 0 Å². The first-order valence-corrected chi connectivity index (χ1v) is 7.32. The summed E-state index contributed by atoms with van der Waals surface area (Å²) in [4.78, 5) is 0. The van der Waals surface area contributed by atoms with Crippen LogP contribution >= 0.6 is 0 Å². The van der Waals surface area contributed by atoms with E-state index >= 15 is 0 Å². The third-order valence-electron chi connectivity index (χ3n) is 4.74. The monoisotopic (exact) mass is 224 g/mol. The van der Waals surface area contributed by atoms with Gasteiger partial charge < -0.3 is 11.1 Å². The maximum absolute atomic E-state index is 5.83. The molecule has 1 heterocycles. The molecule has 2 nitrogen and oxygen atoms in total. The van der Waals surface area contributed by atoms with Crippen molar-refractivity contribution in [3.8, 4) is 0 Å². The standard InChI is InChI=1S/C14H28N2/c15-9-6-14(12-4-2-1-3-5-12)13-7-10-16-11-8-13/h12-14,16H,1-11,15H2. The van der Waals surface area contributed by atoms with Crippen LogP contribution in [0.15, 0.2) is 0 Å². The molecule has 2 heteroatoms. The fourth-order valence-electron chi connectivity index (χ4n) is 3.88. The van der Waals surface area contributed by atoms with Gasteiger partial charge in [-0.3, -0.25) is 0 Å². The highest BCUT2D eigenvalue weighted by Gasteiger charge is 2.30. The lowest BCUT2D eigenvalue weighted by Crippen LogP contribution is -2.36. The smallest absolute Gasteiger partial charge is 0.00462 e. The molecular weight excluding hydrogens is 196 g/mol. The summed E-state index contributed by atoms with van der Waals surface area (Å²) in [6.07, 6.45) is 11.4. The lowest BCUT2D eigenvalue weighted by atomic mass is 9.70. The molecule has 3 N–H and O–H groups in total. The molecule has 16 heavy (non-hydrogen) atoms. The zero-order chi connectivity index (χ0) is 11.2. The molecule has 0 aromatic carbocycles. The van der Waals surface area contributed by atoms with Gasteiger partial charge in [0.25, 0.3) is 0 Å². The van der Waals surface area contributed by atoms with Crippen LogP contribution in [0.25, 0.3) is 0 Å². The van der Waals surface area contributed by atoms with Gasteiger partial charge in [-0.1, -0.05) is 32.1 Å². The van der Waals surface area contributed by atoms with Gasteiger partial charge in [0, 0.05) is 0 Å². The van der Waals surface area contributed by atoms with Crippen LogP contribution in [0, 0.1) is 17.8 Å². The molecule has 94 valence electrons. The first kappa shape index (κ1) is 12.4. The zero-order valence-electron chi connectivity index (χ0n) is 10.6. The second kappa shape index (κ2) is 6.61. The van der Waals surface area contributed by atoms with Gasteiger partial charge in [0.15, 0.2) is 0 Å². The molecule has 0 spiro atoms. The molecule has 2 fully saturated rings. The number of hydrogen-bond acceptors (Lipinski definition) is 2. The Morgan fingerprint density at radius 1 is 0.938 bits per heavy atom. The second-order valence-corrected chi connectivity index (χ2v) is 5.73. The van der Waals surface area contributed by atoms with Crippen LogP contribution in [0.1, 0.15) is 51.4 Å². The predicted octanol–water partition coefficient (Wildman–Crippen LogP) is 2.53. The van der Waals surface area contributed by atoms with Gasteiger partial charge in [-0.05, 0) is 56.7 Å². The van der Waals surface area contributed by atoms with Crippen molar-refractivity contribution in [1.82, 2.24) is 5.32 Å². The van der Waals surface area contributed by atoms with Gasteiger partial charge in [-0.2, -0.15) is 0 Å². The van der Waals surface area contributed by atoms with Crippen LogP contribution in [0.4, 0.5) is 0 Å². The molecule has 1 atom stereocenters. The van der Waals surface area contributed by atoms with Crippen molar-refractivity contribution in [3.63, 3.8) is 0 Å². The summed E-state index contributed by atoms with van der Waals surface area (Å²) in [6.45, 7) is 3.36. The number of nitrogens with one attached hydrogen (secondary N) is 1. The Kier molecular flexibility index (Phi) is 5.11. The van der Waals surface area contributed by atoms with Crippen LogP contribution < -0.4 is 11.1 Å². The topological polar surface area (TPSA) is 38.0 Å². The minimum Gasteiger partial charge on any atom is -0.330 e. The van der Waals surface area contributed by atoms with Gasteiger partial charge in [0.1, 0.15) is 0 Å². The molecule has 0 aromatic heterocycles. The van der Waals surface area contributed by atoms with Crippen LogP contribution in [-0.4, -0.2) is 19.6 Å². The molecule has 0 amide bonds. The molecule has 0 radical (unpaired) electrons. The number of rotatable bonds is 4. The Labute approximate surface area is 100 Å². The first-order valence-electron chi connectivity index (χ1n) is 7.32. The van der Waals surface area contributed by atoms with Crippen molar-refractivity contribution in [2.24, 2.45) is 23.5 Å². The minimum absolute atomic E-state index is 0.894. The zero-order valence-corrected chi connectivity index (χ0v) is 10.6. The van der Waals surface area contributed by atoms with Crippen LogP contribution in [0.5, 0.6) is 0 Å². The maximum atomic E-state index is 5.83. The third-order valence-corrected chi connectivity index (χ3v) is 4.74. The van der Waals surface area contributed by atoms with Gasteiger partial charge >= 0.3 is 0 Å². The van der Waals surface area contributed by atoms with E-state index in [1.807, 2.05) is 0 Å². The highest BCUT2D eigenvalue weighted by molar-refractivity contribution is 4.82. The van der Waals surface area contributed by atoms with Crippen molar-refractivity contribution in [2.75, 3.05) is 19.6 Å². The third kappa shape index (κ3) is 3.21. The van der Waals surface area contributed by atoms with E-state index in [1.54, 1.807) is 0 Å². The fourth-order valence-corrected chi connectivity index (χ4v) is 3.88. The van der Waals surface area contributed by atoms with Crippen molar-refractivity contribution in [2.45, 2.75) is 51.4 Å². The van der Waals surface area contributed by atoms with Gasteiger partial charge in [-0.25, -0.2) is 0 Å². The van der Waals surface area contributed by atoms with E-state index in [-0.39, 0.29) is 0 Å². The molecule has 1 saturated carbocycles. The maximum Gasteiger partial charge on any atom is -0.00462 e. The highest BCUT2D eigenvalue weighted by Crippen LogP contribution is 2.38. The van der Waals surface area contributed by atoms with Gasteiger partial charge in [0.2, 0.25) is 0 Å². The summed E-state index contributed by atoms with van der Waals surface area (Å²) >= 11 is 0. The molecule has 1 aliphatic carbocycles. The molecule has 2 aliphatic rings. The summed E-state index contributed by atoms with van der Waals surface area (Å²) in [5.74, 6) is 2.90. The lowest BCUT2D eigenvalue weighted by Gasteiger charge is -2.38. The molecule has 0 bridgehead atoms. The summed E-state index contributed by atoms with van der Waals surface area (Å²) in [7, 11) is 0. The molecule has 1 unspecified atom stereocenters. The number of nitrogens with two attached hydrogens (primary N) is 1. The van der Waals surface area contributed by atoms with Crippen molar-refractivity contribution in [1.29, 1.82) is 0 Å². The van der Waals surface area contributed by atoms with E-state index in [1.165, 1.54) is 64.5 Å². The van der Waals surface area contributed by atoms with Crippen molar-refractivity contribution < 1.29 is 0 Å². The molecule has 0 aromatic rings. The van der Waals surface area contributed by atoms with E-state index < -0.39 is 0 Å². The van der Waals surface area contributed by atoms with Gasteiger partial charge in [0.05, 0.1) is 0 Å². The Bertz CT molecular complexity index is 163. The first-order chi connectivity index (χ1) is 7.92.